The van der Waals surface area contributed by atoms with Crippen LogP contribution in [0.15, 0.2) is 11.0 Å². The van der Waals surface area contributed by atoms with Crippen LogP contribution in [0.1, 0.15) is 43.8 Å². The van der Waals surface area contributed by atoms with Gasteiger partial charge in [0.15, 0.2) is 0 Å². The number of methoxy groups -OCH3 is 1. The molecule has 2 amide bonds. The Hall–Kier alpha value is -2.02. The molecule has 0 unspecified atom stereocenters. The summed E-state index contributed by atoms with van der Waals surface area (Å²) in [5.41, 5.74) is 3.03. The molecule has 1 aliphatic heterocycles. The largest absolute Gasteiger partial charge is 0.467 e. The first-order chi connectivity index (χ1) is 11.2. The molecule has 0 aliphatic carbocycles. The van der Waals surface area contributed by atoms with Crippen LogP contribution < -0.4 is 0 Å². The molecule has 0 aromatic carbocycles. The zero-order valence-electron chi connectivity index (χ0n) is 14.7. The van der Waals surface area contributed by atoms with Crippen molar-refractivity contribution < 1.29 is 19.1 Å². The SMILES string of the molecule is COC(=O)[C@H](C)N1C(=O)S/C(=C/c2cc(C)n(C(C)C)c2C)C1=O. The Bertz CT molecular complexity index is 733. The van der Waals surface area contributed by atoms with Crippen molar-refractivity contribution in [3.05, 3.63) is 27.9 Å². The summed E-state index contributed by atoms with van der Waals surface area (Å²) in [4.78, 5) is 37.5. The lowest BCUT2D eigenvalue weighted by Crippen LogP contribution is -2.42. The van der Waals surface area contributed by atoms with E-state index < -0.39 is 23.2 Å². The number of hydrogen-bond acceptors (Lipinski definition) is 5. The van der Waals surface area contributed by atoms with Gasteiger partial charge in [-0.2, -0.15) is 0 Å². The van der Waals surface area contributed by atoms with E-state index in [1.165, 1.54) is 14.0 Å². The van der Waals surface area contributed by atoms with Crippen LogP contribution in [0, 0.1) is 13.8 Å². The van der Waals surface area contributed by atoms with Crippen molar-refractivity contribution >= 4 is 35.0 Å². The van der Waals surface area contributed by atoms with Gasteiger partial charge in [0.25, 0.3) is 11.1 Å². The fourth-order valence-electron chi connectivity index (χ4n) is 2.97. The van der Waals surface area contributed by atoms with Gasteiger partial charge in [0, 0.05) is 17.4 Å². The van der Waals surface area contributed by atoms with E-state index in [1.54, 1.807) is 6.08 Å². The second kappa shape index (κ2) is 6.84. The van der Waals surface area contributed by atoms with Gasteiger partial charge < -0.3 is 9.30 Å². The normalized spacial score (nSPS) is 18.0. The maximum Gasteiger partial charge on any atom is 0.328 e. The molecule has 0 radical (unpaired) electrons. The minimum absolute atomic E-state index is 0.307. The molecule has 0 spiro atoms. The molecule has 1 aromatic rings. The lowest BCUT2D eigenvalue weighted by molar-refractivity contribution is -0.148. The van der Waals surface area contributed by atoms with Crippen LogP contribution in [0.4, 0.5) is 4.79 Å². The maximum atomic E-state index is 12.5. The molecule has 1 atom stereocenters. The number of rotatable bonds is 4. The highest BCUT2D eigenvalue weighted by atomic mass is 32.2. The summed E-state index contributed by atoms with van der Waals surface area (Å²) in [6.07, 6.45) is 1.72. The highest BCUT2D eigenvalue weighted by Gasteiger charge is 2.41. The third-order valence-corrected chi connectivity index (χ3v) is 4.96. The summed E-state index contributed by atoms with van der Waals surface area (Å²) >= 11 is 0.847. The Labute approximate surface area is 145 Å². The molecule has 24 heavy (non-hydrogen) atoms. The van der Waals surface area contributed by atoms with Crippen molar-refractivity contribution in [3.63, 3.8) is 0 Å². The van der Waals surface area contributed by atoms with Crippen molar-refractivity contribution in [2.45, 2.75) is 46.7 Å². The number of aromatic nitrogens is 1. The molecule has 1 aromatic heterocycles. The first-order valence-corrected chi connectivity index (χ1v) is 8.54. The second-order valence-corrected chi connectivity index (χ2v) is 7.03. The number of nitrogens with zero attached hydrogens (tertiary/aromatic N) is 2. The number of hydrogen-bond donors (Lipinski definition) is 0. The summed E-state index contributed by atoms with van der Waals surface area (Å²) in [5.74, 6) is -1.08. The standard InChI is InChI=1S/C17H22N2O4S/c1-9(2)18-10(3)7-13(11(18)4)8-14-15(20)19(17(22)24-14)12(5)16(21)23-6/h7-9,12H,1-6H3/b14-8+/t12-/m0/s1. The lowest BCUT2D eigenvalue weighted by atomic mass is 10.2. The van der Waals surface area contributed by atoms with Crippen molar-refractivity contribution in [1.82, 2.24) is 9.47 Å². The summed E-state index contributed by atoms with van der Waals surface area (Å²) in [6, 6.07) is 1.37. The van der Waals surface area contributed by atoms with Gasteiger partial charge in [0.05, 0.1) is 12.0 Å². The van der Waals surface area contributed by atoms with Crippen molar-refractivity contribution in [3.8, 4) is 0 Å². The molecular weight excluding hydrogens is 328 g/mol. The zero-order valence-corrected chi connectivity index (χ0v) is 15.6. The molecule has 6 nitrogen and oxygen atoms in total. The van der Waals surface area contributed by atoms with Gasteiger partial charge in [-0.05, 0) is 64.1 Å². The molecule has 130 valence electrons. The zero-order chi connectivity index (χ0) is 18.2. The van der Waals surface area contributed by atoms with Gasteiger partial charge >= 0.3 is 5.97 Å². The number of aryl methyl sites for hydroxylation is 1. The minimum Gasteiger partial charge on any atom is -0.467 e. The van der Waals surface area contributed by atoms with Crippen LogP contribution in [0.5, 0.6) is 0 Å². The van der Waals surface area contributed by atoms with E-state index in [0.29, 0.717) is 10.9 Å². The number of ether oxygens (including phenoxy) is 1. The van der Waals surface area contributed by atoms with E-state index in [4.69, 9.17) is 0 Å². The van der Waals surface area contributed by atoms with Crippen molar-refractivity contribution in [2.75, 3.05) is 7.11 Å². The average molecular weight is 350 g/mol. The van der Waals surface area contributed by atoms with Crippen LogP contribution in [-0.4, -0.2) is 39.7 Å². The number of esters is 1. The van der Waals surface area contributed by atoms with Crippen LogP contribution in [0.2, 0.25) is 0 Å². The van der Waals surface area contributed by atoms with Crippen LogP contribution in [0.3, 0.4) is 0 Å². The predicted octanol–water partition coefficient (Wildman–Crippen LogP) is 3.28. The number of carbonyl (C=O) groups is 3. The number of carbonyl (C=O) groups excluding carboxylic acids is 3. The Morgan fingerprint density at radius 1 is 1.25 bits per heavy atom. The van der Waals surface area contributed by atoms with E-state index in [9.17, 15) is 14.4 Å². The monoisotopic (exact) mass is 350 g/mol. The van der Waals surface area contributed by atoms with E-state index in [1.807, 2.05) is 19.9 Å². The first-order valence-electron chi connectivity index (χ1n) is 7.72. The van der Waals surface area contributed by atoms with Gasteiger partial charge in [0.2, 0.25) is 0 Å². The molecule has 0 N–H and O–H groups in total. The van der Waals surface area contributed by atoms with Gasteiger partial charge in [-0.3, -0.25) is 14.5 Å². The van der Waals surface area contributed by atoms with E-state index >= 15 is 0 Å². The van der Waals surface area contributed by atoms with E-state index in [-0.39, 0.29) is 0 Å². The topological polar surface area (TPSA) is 68.6 Å². The second-order valence-electron chi connectivity index (χ2n) is 6.04. The smallest absolute Gasteiger partial charge is 0.328 e. The Balaban J connectivity index is 2.36. The Kier molecular flexibility index (Phi) is 5.22. The summed E-state index contributed by atoms with van der Waals surface area (Å²) in [6.45, 7) is 9.66. The fourth-order valence-corrected chi connectivity index (χ4v) is 3.87. The van der Waals surface area contributed by atoms with Crippen molar-refractivity contribution in [2.24, 2.45) is 0 Å². The molecule has 2 rings (SSSR count). The summed E-state index contributed by atoms with van der Waals surface area (Å²) in [5, 5.41) is -0.457. The van der Waals surface area contributed by atoms with Crippen molar-refractivity contribution in [1.29, 1.82) is 0 Å². The molecule has 2 heterocycles. The number of amides is 2. The molecule has 1 fully saturated rings. The number of thioether (sulfide) groups is 1. The Morgan fingerprint density at radius 3 is 2.38 bits per heavy atom. The maximum absolute atomic E-state index is 12.5. The van der Waals surface area contributed by atoms with E-state index in [2.05, 4.69) is 23.2 Å². The minimum atomic E-state index is -0.934. The summed E-state index contributed by atoms with van der Waals surface area (Å²) in [7, 11) is 1.23. The highest BCUT2D eigenvalue weighted by molar-refractivity contribution is 8.18. The fraction of sp³-hybridized carbons (Fsp3) is 0.471. The molecule has 0 saturated carbocycles. The molecule has 0 bridgehead atoms. The molecule has 1 saturated heterocycles. The van der Waals surface area contributed by atoms with Gasteiger partial charge in [0.1, 0.15) is 6.04 Å². The molecule has 1 aliphatic rings. The van der Waals surface area contributed by atoms with Gasteiger partial charge in [-0.1, -0.05) is 0 Å². The lowest BCUT2D eigenvalue weighted by Gasteiger charge is -2.18. The Morgan fingerprint density at radius 2 is 1.88 bits per heavy atom. The number of imide groups is 1. The third kappa shape index (κ3) is 3.13. The quantitative estimate of drug-likeness (QED) is 0.616. The predicted molar refractivity (Wildman–Crippen MR) is 93.6 cm³/mol. The highest BCUT2D eigenvalue weighted by Crippen LogP contribution is 2.35. The molecular formula is C17H22N2O4S. The van der Waals surface area contributed by atoms with Crippen LogP contribution in [-0.2, 0) is 14.3 Å². The van der Waals surface area contributed by atoms with Crippen LogP contribution >= 0.6 is 11.8 Å². The van der Waals surface area contributed by atoms with Crippen LogP contribution in [0.25, 0.3) is 6.08 Å². The summed E-state index contributed by atoms with van der Waals surface area (Å²) < 4.78 is 6.80. The molecule has 7 heteroatoms. The van der Waals surface area contributed by atoms with Gasteiger partial charge in [-0.25, -0.2) is 4.79 Å². The van der Waals surface area contributed by atoms with E-state index in [0.717, 1.165) is 33.6 Å². The van der Waals surface area contributed by atoms with Gasteiger partial charge in [-0.15, -0.1) is 0 Å². The first kappa shape index (κ1) is 18.3. The average Bonchev–Trinajstić information content (AvgIpc) is 2.94. The third-order valence-electron chi connectivity index (χ3n) is 4.08.